The van der Waals surface area contributed by atoms with Crippen LogP contribution in [0.1, 0.15) is 30.3 Å². The molecular formula is C30H25ClFN7O3. The Morgan fingerprint density at radius 2 is 1.93 bits per heavy atom. The fraction of sp³-hybridized carbons (Fsp3) is 0.233. The Morgan fingerprint density at radius 3 is 2.74 bits per heavy atom. The number of aromatic amines is 1. The van der Waals surface area contributed by atoms with Gasteiger partial charge in [0, 0.05) is 22.6 Å². The highest BCUT2D eigenvalue weighted by Crippen LogP contribution is 2.59. The molecule has 3 aromatic carbocycles. The normalized spacial score (nSPS) is 21.1. The molecule has 0 spiro atoms. The number of fused-ring (bicyclic) bond motifs is 3. The number of carbonyl (C=O) groups is 3. The molecule has 3 amide bonds. The molecule has 4 N–H and O–H groups in total. The maximum absolute atomic E-state index is 15.8. The van der Waals surface area contributed by atoms with Gasteiger partial charge in [-0.1, -0.05) is 54.9 Å². The summed E-state index contributed by atoms with van der Waals surface area (Å²) in [6.07, 6.45) is 2.73. The van der Waals surface area contributed by atoms with Crippen molar-refractivity contribution in [3.05, 3.63) is 77.5 Å². The van der Waals surface area contributed by atoms with Crippen molar-refractivity contribution in [1.29, 1.82) is 0 Å². The van der Waals surface area contributed by atoms with Crippen molar-refractivity contribution in [2.75, 3.05) is 5.32 Å². The minimum absolute atomic E-state index is 0.0158. The summed E-state index contributed by atoms with van der Waals surface area (Å²) in [5, 5.41) is 7.85. The van der Waals surface area contributed by atoms with E-state index >= 15 is 4.39 Å². The van der Waals surface area contributed by atoms with Crippen LogP contribution in [-0.4, -0.2) is 54.5 Å². The van der Waals surface area contributed by atoms with E-state index in [2.05, 4.69) is 20.4 Å². The van der Waals surface area contributed by atoms with Crippen LogP contribution in [0.25, 0.3) is 33.1 Å². The van der Waals surface area contributed by atoms with Gasteiger partial charge in [-0.05, 0) is 36.5 Å². The van der Waals surface area contributed by atoms with Crippen LogP contribution < -0.4 is 11.1 Å². The molecule has 3 atom stereocenters. The van der Waals surface area contributed by atoms with Crippen LogP contribution in [-0.2, 0) is 16.1 Å². The predicted octanol–water partition coefficient (Wildman–Crippen LogP) is 4.49. The van der Waals surface area contributed by atoms with Gasteiger partial charge >= 0.3 is 0 Å². The van der Waals surface area contributed by atoms with Crippen LogP contribution in [0.2, 0.25) is 5.02 Å². The number of hydrogen-bond donors (Lipinski definition) is 3. The standard InChI is InChI=1S/C30H25ClFN7O3/c1-30-11-21(39(22(30)12-30)23(40)13-38-20-8-3-2-5-17(20)26(37-38)28(33)41)29(42)36-18-7-4-6-16(25(18)32)15-9-10-19-27(24(15)31)35-14-34-19/h2-10,14,21-22H,11-13H2,1H3,(H2,33,41)(H,34,35)(H,36,42)/t21-,22+,30-/m0/s1. The van der Waals surface area contributed by atoms with Crippen LogP contribution in [0.3, 0.4) is 0 Å². The molecule has 212 valence electrons. The third kappa shape index (κ3) is 4.03. The molecule has 0 bridgehead atoms. The van der Waals surface area contributed by atoms with Gasteiger partial charge in [-0.3, -0.25) is 19.1 Å². The van der Waals surface area contributed by atoms with Crippen LogP contribution in [0, 0.1) is 11.2 Å². The first-order valence-electron chi connectivity index (χ1n) is 13.4. The first-order chi connectivity index (χ1) is 20.2. The third-order valence-corrected chi connectivity index (χ3v) is 8.86. The van der Waals surface area contributed by atoms with Gasteiger partial charge < -0.3 is 20.9 Å². The fourth-order valence-corrected chi connectivity index (χ4v) is 6.55. The Kier molecular flexibility index (Phi) is 5.84. The number of H-pyrrole nitrogens is 1. The summed E-state index contributed by atoms with van der Waals surface area (Å²) < 4.78 is 17.2. The number of imidazole rings is 1. The van der Waals surface area contributed by atoms with E-state index in [4.69, 9.17) is 17.3 Å². The molecule has 12 heteroatoms. The van der Waals surface area contributed by atoms with Crippen LogP contribution in [0.15, 0.2) is 60.9 Å². The lowest BCUT2D eigenvalue weighted by Crippen LogP contribution is -2.46. The van der Waals surface area contributed by atoms with Crippen molar-refractivity contribution in [2.24, 2.45) is 11.1 Å². The number of nitrogens with one attached hydrogen (secondary N) is 2. The Labute approximate surface area is 243 Å². The highest BCUT2D eigenvalue weighted by atomic mass is 35.5. The van der Waals surface area contributed by atoms with Crippen molar-refractivity contribution in [3.63, 3.8) is 0 Å². The lowest BCUT2D eigenvalue weighted by Gasteiger charge is -2.27. The number of carbonyl (C=O) groups excluding carboxylic acids is 3. The first kappa shape index (κ1) is 26.1. The smallest absolute Gasteiger partial charge is 0.269 e. The number of primary amides is 1. The molecule has 0 unspecified atom stereocenters. The highest BCUT2D eigenvalue weighted by molar-refractivity contribution is 6.37. The van der Waals surface area contributed by atoms with Crippen molar-refractivity contribution < 1.29 is 18.8 Å². The van der Waals surface area contributed by atoms with Crippen molar-refractivity contribution in [2.45, 2.75) is 38.4 Å². The summed E-state index contributed by atoms with van der Waals surface area (Å²) in [6.45, 7) is 1.86. The maximum Gasteiger partial charge on any atom is 0.269 e. The number of amides is 3. The molecule has 1 saturated carbocycles. The number of para-hydroxylation sites is 1. The molecule has 1 saturated heterocycles. The summed E-state index contributed by atoms with van der Waals surface area (Å²) in [6, 6.07) is 14.2. The zero-order valence-electron chi connectivity index (χ0n) is 22.4. The zero-order valence-corrected chi connectivity index (χ0v) is 23.2. The molecule has 7 rings (SSSR count). The number of rotatable bonds is 6. The van der Waals surface area contributed by atoms with E-state index in [-0.39, 0.29) is 40.9 Å². The lowest BCUT2D eigenvalue weighted by atomic mass is 10.0. The average molecular weight is 586 g/mol. The van der Waals surface area contributed by atoms with E-state index < -0.39 is 23.7 Å². The molecule has 2 fully saturated rings. The largest absolute Gasteiger partial charge is 0.364 e. The molecule has 2 aromatic heterocycles. The van der Waals surface area contributed by atoms with Gasteiger partial charge in [0.15, 0.2) is 11.5 Å². The van der Waals surface area contributed by atoms with Gasteiger partial charge in [0.25, 0.3) is 5.91 Å². The quantitative estimate of drug-likeness (QED) is 0.269. The summed E-state index contributed by atoms with van der Waals surface area (Å²) >= 11 is 6.55. The number of anilines is 1. The first-order valence-corrected chi connectivity index (χ1v) is 13.8. The number of hydrogen-bond acceptors (Lipinski definition) is 5. The highest BCUT2D eigenvalue weighted by Gasteiger charge is 2.64. The van der Waals surface area contributed by atoms with E-state index in [0.717, 1.165) is 11.9 Å². The molecule has 42 heavy (non-hydrogen) atoms. The van der Waals surface area contributed by atoms with Gasteiger partial charge in [-0.25, -0.2) is 9.37 Å². The van der Waals surface area contributed by atoms with Gasteiger partial charge in [-0.15, -0.1) is 0 Å². The molecule has 0 radical (unpaired) electrons. The van der Waals surface area contributed by atoms with E-state index in [0.29, 0.717) is 33.4 Å². The summed E-state index contributed by atoms with van der Waals surface area (Å²) in [5.74, 6) is -2.14. The molecule has 1 aliphatic heterocycles. The number of aromatic nitrogens is 4. The van der Waals surface area contributed by atoms with Gasteiger partial charge in [0.1, 0.15) is 18.1 Å². The second-order valence-electron chi connectivity index (χ2n) is 11.2. The number of piperidine rings is 1. The lowest BCUT2D eigenvalue weighted by molar-refractivity contribution is -0.138. The average Bonchev–Trinajstić information content (AvgIpc) is 3.32. The predicted molar refractivity (Wildman–Crippen MR) is 155 cm³/mol. The maximum atomic E-state index is 15.8. The second kappa shape index (κ2) is 9.38. The molecule has 1 aliphatic carbocycles. The van der Waals surface area contributed by atoms with Gasteiger partial charge in [-0.2, -0.15) is 5.10 Å². The molecule has 5 aromatic rings. The Hall–Kier alpha value is -4.77. The SMILES string of the molecule is C[C@@]12C[C@@H](C(=O)Nc3cccc(-c4ccc5[nH]cnc5c4Cl)c3F)N(C(=O)Cn3nc(C(N)=O)c4ccccc43)[C@@H]1C2. The van der Waals surface area contributed by atoms with Crippen molar-refractivity contribution in [3.8, 4) is 11.1 Å². The minimum atomic E-state index is -0.800. The minimum Gasteiger partial charge on any atom is -0.364 e. The zero-order chi connectivity index (χ0) is 29.3. The third-order valence-electron chi connectivity index (χ3n) is 8.48. The monoisotopic (exact) mass is 585 g/mol. The fourth-order valence-electron chi connectivity index (χ4n) is 6.23. The summed E-state index contributed by atoms with van der Waals surface area (Å²) in [7, 11) is 0. The molecule has 2 aliphatic rings. The topological polar surface area (TPSA) is 139 Å². The van der Waals surface area contributed by atoms with Crippen molar-refractivity contribution in [1.82, 2.24) is 24.6 Å². The van der Waals surface area contributed by atoms with E-state index in [1.807, 2.05) is 6.92 Å². The molecule has 3 heterocycles. The molecule has 10 nitrogen and oxygen atoms in total. The number of benzene rings is 3. The Balaban J connectivity index is 1.16. The number of nitrogens with zero attached hydrogens (tertiary/aromatic N) is 4. The van der Waals surface area contributed by atoms with E-state index in [1.54, 1.807) is 53.4 Å². The van der Waals surface area contributed by atoms with E-state index in [1.165, 1.54) is 17.1 Å². The number of likely N-dealkylation sites (tertiary alicyclic amines) is 1. The number of halogens is 2. The Morgan fingerprint density at radius 1 is 1.12 bits per heavy atom. The summed E-state index contributed by atoms with van der Waals surface area (Å²) in [5.41, 5.74) is 7.86. The van der Waals surface area contributed by atoms with Crippen LogP contribution in [0.5, 0.6) is 0 Å². The van der Waals surface area contributed by atoms with Crippen LogP contribution in [0.4, 0.5) is 10.1 Å². The van der Waals surface area contributed by atoms with Gasteiger partial charge in [0.05, 0.1) is 28.1 Å². The van der Waals surface area contributed by atoms with Crippen LogP contribution >= 0.6 is 11.6 Å². The van der Waals surface area contributed by atoms with Crippen molar-refractivity contribution >= 4 is 56.9 Å². The molecular weight excluding hydrogens is 561 g/mol. The second-order valence-corrected chi connectivity index (χ2v) is 11.5. The van der Waals surface area contributed by atoms with E-state index in [9.17, 15) is 14.4 Å². The number of nitrogens with two attached hydrogens (primary N) is 1. The Bertz CT molecular complexity index is 1950. The van der Waals surface area contributed by atoms with Gasteiger partial charge in [0.2, 0.25) is 11.8 Å². The summed E-state index contributed by atoms with van der Waals surface area (Å²) in [4.78, 5) is 48.0.